The molecule has 25 heavy (non-hydrogen) atoms. The first kappa shape index (κ1) is 17.3. The Morgan fingerprint density at radius 3 is 2.68 bits per heavy atom. The van der Waals surface area contributed by atoms with Crippen LogP contribution in [0.4, 0.5) is 11.4 Å². The van der Waals surface area contributed by atoms with Gasteiger partial charge in [0, 0.05) is 10.7 Å². The lowest BCUT2D eigenvalue weighted by Crippen LogP contribution is -2.33. The van der Waals surface area contributed by atoms with E-state index in [1.54, 1.807) is 30.3 Å². The summed E-state index contributed by atoms with van der Waals surface area (Å²) in [5.74, 6) is 0.328. The minimum absolute atomic E-state index is 0.115. The summed E-state index contributed by atoms with van der Waals surface area (Å²) in [6.07, 6.45) is 0.240. The lowest BCUT2D eigenvalue weighted by Gasteiger charge is -2.18. The maximum atomic E-state index is 12.2. The van der Waals surface area contributed by atoms with Crippen LogP contribution in [0.1, 0.15) is 19.4 Å². The molecule has 0 saturated carbocycles. The zero-order chi connectivity index (χ0) is 18.0. The molecule has 6 heteroatoms. The molecule has 5 nitrogen and oxygen atoms in total. The molecular formula is C19H19ClN2O3. The van der Waals surface area contributed by atoms with Crippen molar-refractivity contribution >= 4 is 34.8 Å². The minimum atomic E-state index is -0.614. The third-order valence-electron chi connectivity index (χ3n) is 3.99. The van der Waals surface area contributed by atoms with E-state index in [0.717, 1.165) is 5.56 Å². The maximum Gasteiger partial charge on any atom is 0.233 e. The summed E-state index contributed by atoms with van der Waals surface area (Å²) < 4.78 is 5.69. The number of carbonyl (C=O) groups is 2. The first-order valence-electron chi connectivity index (χ1n) is 7.96. The molecule has 2 aromatic carbocycles. The lowest BCUT2D eigenvalue weighted by molar-refractivity contribution is -0.125. The highest BCUT2D eigenvalue weighted by Crippen LogP contribution is 2.34. The quantitative estimate of drug-likeness (QED) is 0.875. The summed E-state index contributed by atoms with van der Waals surface area (Å²) >= 11 is 5.84. The summed E-state index contributed by atoms with van der Waals surface area (Å²) in [6, 6.07) is 12.3. The van der Waals surface area contributed by atoms with Gasteiger partial charge in [-0.1, -0.05) is 23.7 Å². The Bertz CT molecular complexity index is 816. The molecule has 0 aromatic heterocycles. The Morgan fingerprint density at radius 1 is 1.24 bits per heavy atom. The molecular weight excluding hydrogens is 340 g/mol. The molecule has 3 rings (SSSR count). The van der Waals surface area contributed by atoms with E-state index in [-0.39, 0.29) is 18.2 Å². The van der Waals surface area contributed by atoms with E-state index < -0.39 is 5.41 Å². The van der Waals surface area contributed by atoms with Gasteiger partial charge in [0.1, 0.15) is 12.4 Å². The normalized spacial score (nSPS) is 15.4. The number of carbonyl (C=O) groups excluding carboxylic acids is 2. The Hall–Kier alpha value is -2.53. The van der Waals surface area contributed by atoms with Crippen molar-refractivity contribution in [3.8, 4) is 5.75 Å². The fraction of sp³-hybridized carbons (Fsp3) is 0.263. The molecule has 0 spiro atoms. The summed E-state index contributed by atoms with van der Waals surface area (Å²) in [4.78, 5) is 24.4. The monoisotopic (exact) mass is 358 g/mol. The summed E-state index contributed by atoms with van der Waals surface area (Å²) in [7, 11) is 0. The molecule has 0 saturated heterocycles. The van der Waals surface area contributed by atoms with Crippen molar-refractivity contribution in [3.63, 3.8) is 0 Å². The van der Waals surface area contributed by atoms with Crippen molar-refractivity contribution in [2.24, 2.45) is 5.41 Å². The maximum absolute atomic E-state index is 12.2. The average molecular weight is 359 g/mol. The van der Waals surface area contributed by atoms with Gasteiger partial charge in [-0.3, -0.25) is 9.59 Å². The fourth-order valence-corrected chi connectivity index (χ4v) is 2.57. The van der Waals surface area contributed by atoms with Crippen molar-refractivity contribution in [2.75, 3.05) is 17.2 Å². The molecule has 2 aromatic rings. The molecule has 130 valence electrons. The van der Waals surface area contributed by atoms with Gasteiger partial charge in [0.25, 0.3) is 0 Å². The number of halogens is 1. The molecule has 0 fully saturated rings. The second-order valence-corrected chi connectivity index (χ2v) is 7.13. The van der Waals surface area contributed by atoms with Gasteiger partial charge < -0.3 is 15.4 Å². The predicted molar refractivity (Wildman–Crippen MR) is 98.1 cm³/mol. The molecule has 0 radical (unpaired) electrons. The van der Waals surface area contributed by atoms with E-state index >= 15 is 0 Å². The average Bonchev–Trinajstić information content (AvgIpc) is 2.66. The number of hydrogen-bond acceptors (Lipinski definition) is 3. The summed E-state index contributed by atoms with van der Waals surface area (Å²) in [5, 5.41) is 6.32. The second-order valence-electron chi connectivity index (χ2n) is 6.69. The Kier molecular flexibility index (Phi) is 4.68. The Morgan fingerprint density at radius 2 is 1.96 bits per heavy atom. The predicted octanol–water partition coefficient (Wildman–Crippen LogP) is 3.88. The van der Waals surface area contributed by atoms with Crippen LogP contribution in [0.25, 0.3) is 0 Å². The molecule has 0 bridgehead atoms. The number of fused-ring (bicyclic) bond motifs is 1. The first-order valence-corrected chi connectivity index (χ1v) is 8.34. The summed E-state index contributed by atoms with van der Waals surface area (Å²) in [5.41, 5.74) is 1.41. The van der Waals surface area contributed by atoms with Gasteiger partial charge >= 0.3 is 0 Å². The van der Waals surface area contributed by atoms with Crippen molar-refractivity contribution in [3.05, 3.63) is 53.1 Å². The number of amides is 2. The molecule has 0 unspecified atom stereocenters. The van der Waals surface area contributed by atoms with E-state index in [4.69, 9.17) is 16.3 Å². The first-order chi connectivity index (χ1) is 11.8. The molecule has 1 aliphatic heterocycles. The van der Waals surface area contributed by atoms with Gasteiger partial charge in [0.05, 0.1) is 17.5 Å². The Balaban J connectivity index is 1.71. The van der Waals surface area contributed by atoms with Gasteiger partial charge in [-0.05, 0) is 49.7 Å². The van der Waals surface area contributed by atoms with Crippen LogP contribution in [0.15, 0.2) is 42.5 Å². The van der Waals surface area contributed by atoms with Gasteiger partial charge in [0.2, 0.25) is 11.8 Å². The zero-order valence-corrected chi connectivity index (χ0v) is 14.8. The number of ether oxygens (including phenoxy) is 1. The number of hydrogen-bond donors (Lipinski definition) is 2. The largest absolute Gasteiger partial charge is 0.490 e. The van der Waals surface area contributed by atoms with E-state index in [1.165, 1.54) is 0 Å². The van der Waals surface area contributed by atoms with Crippen molar-refractivity contribution in [1.82, 2.24) is 0 Å². The molecule has 1 heterocycles. The van der Waals surface area contributed by atoms with Gasteiger partial charge in [-0.25, -0.2) is 0 Å². The van der Waals surface area contributed by atoms with E-state index in [9.17, 15) is 9.59 Å². The van der Waals surface area contributed by atoms with Crippen LogP contribution >= 0.6 is 11.6 Å². The van der Waals surface area contributed by atoms with Gasteiger partial charge in [0.15, 0.2) is 0 Å². The van der Waals surface area contributed by atoms with Gasteiger partial charge in [-0.15, -0.1) is 0 Å². The third-order valence-corrected chi connectivity index (χ3v) is 4.24. The van der Waals surface area contributed by atoms with Crippen LogP contribution in [-0.2, 0) is 16.0 Å². The fourth-order valence-electron chi connectivity index (χ4n) is 2.44. The van der Waals surface area contributed by atoms with Crippen molar-refractivity contribution in [1.29, 1.82) is 0 Å². The number of anilines is 2. The molecule has 2 N–H and O–H groups in total. The van der Waals surface area contributed by atoms with E-state index in [2.05, 4.69) is 10.6 Å². The highest BCUT2D eigenvalue weighted by atomic mass is 35.5. The molecule has 2 amide bonds. The SMILES string of the molecule is CC1(C)COc2ccc(NC(=O)Cc3ccc(Cl)cc3)cc2NC1=O. The highest BCUT2D eigenvalue weighted by molar-refractivity contribution is 6.30. The third kappa shape index (κ3) is 4.12. The standard InChI is InChI=1S/C19H19ClN2O3/c1-19(2)11-25-16-8-7-14(10-15(16)22-18(19)24)21-17(23)9-12-3-5-13(20)6-4-12/h3-8,10H,9,11H2,1-2H3,(H,21,23)(H,22,24). The smallest absolute Gasteiger partial charge is 0.233 e. The topological polar surface area (TPSA) is 67.4 Å². The van der Waals surface area contributed by atoms with Crippen LogP contribution < -0.4 is 15.4 Å². The minimum Gasteiger partial charge on any atom is -0.490 e. The van der Waals surface area contributed by atoms with Crippen LogP contribution in [0.2, 0.25) is 5.02 Å². The van der Waals surface area contributed by atoms with Crippen LogP contribution in [0.3, 0.4) is 0 Å². The zero-order valence-electron chi connectivity index (χ0n) is 14.1. The number of rotatable bonds is 3. The van der Waals surface area contributed by atoms with E-state index in [1.807, 2.05) is 26.0 Å². The molecule has 1 aliphatic rings. The number of benzene rings is 2. The highest BCUT2D eigenvalue weighted by Gasteiger charge is 2.32. The van der Waals surface area contributed by atoms with Crippen molar-refractivity contribution < 1.29 is 14.3 Å². The summed E-state index contributed by atoms with van der Waals surface area (Å²) in [6.45, 7) is 3.94. The van der Waals surface area contributed by atoms with Crippen LogP contribution in [0.5, 0.6) is 5.75 Å². The second kappa shape index (κ2) is 6.76. The molecule has 0 aliphatic carbocycles. The number of nitrogens with one attached hydrogen (secondary N) is 2. The molecule has 0 atom stereocenters. The van der Waals surface area contributed by atoms with E-state index in [0.29, 0.717) is 28.8 Å². The Labute approximate surface area is 151 Å². The van der Waals surface area contributed by atoms with Crippen molar-refractivity contribution in [2.45, 2.75) is 20.3 Å². The van der Waals surface area contributed by atoms with Crippen LogP contribution in [0, 0.1) is 5.41 Å². The van der Waals surface area contributed by atoms with Crippen LogP contribution in [-0.4, -0.2) is 18.4 Å². The lowest BCUT2D eigenvalue weighted by atomic mass is 9.94. The van der Waals surface area contributed by atoms with Gasteiger partial charge in [-0.2, -0.15) is 0 Å².